The van der Waals surface area contributed by atoms with Gasteiger partial charge >= 0.3 is 5.97 Å². The Morgan fingerprint density at radius 3 is 2.43 bits per heavy atom. The second-order valence-electron chi connectivity index (χ2n) is 5.25. The zero-order valence-electron chi connectivity index (χ0n) is 13.4. The number of benzene rings is 1. The number of hydrogen-bond acceptors (Lipinski definition) is 3. The van der Waals surface area contributed by atoms with Crippen molar-refractivity contribution in [2.75, 3.05) is 12.4 Å². The van der Waals surface area contributed by atoms with Crippen LogP contribution in [-0.4, -0.2) is 23.6 Å². The fourth-order valence-corrected chi connectivity index (χ4v) is 2.51. The summed E-state index contributed by atoms with van der Waals surface area (Å²) in [5, 5.41) is 3.11. The van der Waals surface area contributed by atoms with Gasteiger partial charge < -0.3 is 14.6 Å². The number of esters is 1. The number of ether oxygens (including phenoxy) is 1. The highest BCUT2D eigenvalue weighted by molar-refractivity contribution is 6.33. The number of anilines is 1. The van der Waals surface area contributed by atoms with Crippen molar-refractivity contribution in [3.8, 4) is 0 Å². The molecule has 1 aromatic heterocycles. The second kappa shape index (κ2) is 7.33. The van der Waals surface area contributed by atoms with Gasteiger partial charge in [0.15, 0.2) is 0 Å². The van der Waals surface area contributed by atoms with Gasteiger partial charge in [-0.3, -0.25) is 4.79 Å². The zero-order chi connectivity index (χ0) is 17.0. The van der Waals surface area contributed by atoms with Crippen molar-refractivity contribution >= 4 is 29.2 Å². The van der Waals surface area contributed by atoms with Gasteiger partial charge in [-0.25, -0.2) is 4.79 Å². The molecular formula is C17H19ClN2O3. The molecule has 122 valence electrons. The molecule has 1 N–H and O–H groups in total. The first-order valence-corrected chi connectivity index (χ1v) is 7.60. The van der Waals surface area contributed by atoms with Crippen LogP contribution in [0.3, 0.4) is 0 Å². The number of carbonyl (C=O) groups excluding carboxylic acids is 2. The van der Waals surface area contributed by atoms with E-state index in [1.165, 1.54) is 13.2 Å². The number of amides is 1. The average Bonchev–Trinajstić information content (AvgIpc) is 2.85. The van der Waals surface area contributed by atoms with Crippen LogP contribution in [0.4, 0.5) is 5.69 Å². The van der Waals surface area contributed by atoms with E-state index in [9.17, 15) is 9.59 Å². The van der Waals surface area contributed by atoms with Crippen LogP contribution in [0, 0.1) is 13.8 Å². The Labute approximate surface area is 140 Å². The largest absolute Gasteiger partial charge is 0.465 e. The SMILES string of the molecule is COC(=O)c1ccc(Cl)c(NC(=O)CCn2c(C)ccc2C)c1. The van der Waals surface area contributed by atoms with Crippen LogP contribution >= 0.6 is 11.6 Å². The van der Waals surface area contributed by atoms with E-state index in [4.69, 9.17) is 11.6 Å². The van der Waals surface area contributed by atoms with E-state index in [2.05, 4.69) is 14.6 Å². The van der Waals surface area contributed by atoms with Crippen LogP contribution in [0.25, 0.3) is 0 Å². The van der Waals surface area contributed by atoms with Gasteiger partial charge in [-0.05, 0) is 44.2 Å². The van der Waals surface area contributed by atoms with Gasteiger partial charge in [-0.2, -0.15) is 0 Å². The predicted molar refractivity (Wildman–Crippen MR) is 89.9 cm³/mol. The summed E-state index contributed by atoms with van der Waals surface area (Å²) in [6, 6.07) is 8.66. The Balaban J connectivity index is 2.04. The number of aromatic nitrogens is 1. The van der Waals surface area contributed by atoms with Gasteiger partial charge in [-0.1, -0.05) is 11.6 Å². The third kappa shape index (κ3) is 4.13. The Morgan fingerprint density at radius 2 is 1.83 bits per heavy atom. The number of nitrogens with zero attached hydrogens (tertiary/aromatic N) is 1. The molecule has 23 heavy (non-hydrogen) atoms. The molecule has 0 aliphatic rings. The molecular weight excluding hydrogens is 316 g/mol. The maximum Gasteiger partial charge on any atom is 0.337 e. The molecule has 5 nitrogen and oxygen atoms in total. The maximum absolute atomic E-state index is 12.1. The lowest BCUT2D eigenvalue weighted by molar-refractivity contribution is -0.116. The van der Waals surface area contributed by atoms with Crippen molar-refractivity contribution in [2.24, 2.45) is 0 Å². The van der Waals surface area contributed by atoms with Crippen molar-refractivity contribution in [3.05, 3.63) is 52.3 Å². The summed E-state index contributed by atoms with van der Waals surface area (Å²) in [5.74, 6) is -0.642. The lowest BCUT2D eigenvalue weighted by atomic mass is 10.2. The second-order valence-corrected chi connectivity index (χ2v) is 5.66. The molecule has 0 saturated heterocycles. The summed E-state index contributed by atoms with van der Waals surface area (Å²) in [5.41, 5.74) is 2.96. The number of hydrogen-bond donors (Lipinski definition) is 1. The lowest BCUT2D eigenvalue weighted by Crippen LogP contribution is -2.16. The van der Waals surface area contributed by atoms with Gasteiger partial charge in [0.25, 0.3) is 0 Å². The Bertz CT molecular complexity index is 718. The fraction of sp³-hybridized carbons (Fsp3) is 0.294. The molecule has 2 rings (SSSR count). The third-order valence-corrected chi connectivity index (χ3v) is 3.97. The fourth-order valence-electron chi connectivity index (χ4n) is 2.34. The number of halogens is 1. The van der Waals surface area contributed by atoms with E-state index in [1.807, 2.05) is 26.0 Å². The topological polar surface area (TPSA) is 60.3 Å². The minimum Gasteiger partial charge on any atom is -0.465 e. The molecule has 2 aromatic rings. The number of carbonyl (C=O) groups is 2. The summed E-state index contributed by atoms with van der Waals surface area (Å²) in [7, 11) is 1.30. The molecule has 0 spiro atoms. The predicted octanol–water partition coefficient (Wildman–Crippen LogP) is 3.57. The summed E-state index contributed by atoms with van der Waals surface area (Å²) in [4.78, 5) is 23.7. The molecule has 0 bridgehead atoms. The first kappa shape index (κ1) is 17.1. The molecule has 1 amide bonds. The molecule has 1 heterocycles. The average molecular weight is 335 g/mol. The van der Waals surface area contributed by atoms with Crippen LogP contribution in [0.5, 0.6) is 0 Å². The Morgan fingerprint density at radius 1 is 1.17 bits per heavy atom. The van der Waals surface area contributed by atoms with Gasteiger partial charge in [0.2, 0.25) is 5.91 Å². The molecule has 0 atom stereocenters. The smallest absolute Gasteiger partial charge is 0.337 e. The van der Waals surface area contributed by atoms with Crippen molar-refractivity contribution in [1.82, 2.24) is 4.57 Å². The number of nitrogens with one attached hydrogen (secondary N) is 1. The standard InChI is InChI=1S/C17H19ClN2O3/c1-11-4-5-12(2)20(11)9-8-16(21)19-15-10-13(17(22)23-3)6-7-14(15)18/h4-7,10H,8-9H2,1-3H3,(H,19,21). The molecule has 0 saturated carbocycles. The third-order valence-electron chi connectivity index (χ3n) is 3.64. The Kier molecular flexibility index (Phi) is 5.45. The summed E-state index contributed by atoms with van der Waals surface area (Å²) in [6.45, 7) is 4.59. The molecule has 0 aliphatic carbocycles. The molecule has 1 aromatic carbocycles. The first-order valence-electron chi connectivity index (χ1n) is 7.23. The van der Waals surface area contributed by atoms with E-state index in [0.717, 1.165) is 11.4 Å². The van der Waals surface area contributed by atoms with Gasteiger partial charge in [0.1, 0.15) is 0 Å². The number of methoxy groups -OCH3 is 1. The molecule has 0 fully saturated rings. The lowest BCUT2D eigenvalue weighted by Gasteiger charge is -2.11. The highest BCUT2D eigenvalue weighted by Crippen LogP contribution is 2.23. The van der Waals surface area contributed by atoms with Crippen LogP contribution in [0.15, 0.2) is 30.3 Å². The number of rotatable bonds is 5. The van der Waals surface area contributed by atoms with Crippen LogP contribution in [0.1, 0.15) is 28.2 Å². The normalized spacial score (nSPS) is 10.4. The molecule has 0 aliphatic heterocycles. The zero-order valence-corrected chi connectivity index (χ0v) is 14.1. The van der Waals surface area contributed by atoms with Gasteiger partial charge in [0.05, 0.1) is 23.4 Å². The number of aryl methyl sites for hydroxylation is 2. The monoisotopic (exact) mass is 334 g/mol. The van der Waals surface area contributed by atoms with E-state index in [-0.39, 0.29) is 5.91 Å². The van der Waals surface area contributed by atoms with Gasteiger partial charge in [-0.15, -0.1) is 0 Å². The summed E-state index contributed by atoms with van der Waals surface area (Å²) < 4.78 is 6.74. The highest BCUT2D eigenvalue weighted by atomic mass is 35.5. The van der Waals surface area contributed by atoms with E-state index >= 15 is 0 Å². The quantitative estimate of drug-likeness (QED) is 0.850. The van der Waals surface area contributed by atoms with Crippen molar-refractivity contribution in [3.63, 3.8) is 0 Å². The van der Waals surface area contributed by atoms with Crippen molar-refractivity contribution < 1.29 is 14.3 Å². The van der Waals surface area contributed by atoms with E-state index < -0.39 is 5.97 Å². The molecule has 0 radical (unpaired) electrons. The summed E-state index contributed by atoms with van der Waals surface area (Å²) in [6.07, 6.45) is 0.315. The van der Waals surface area contributed by atoms with Crippen LogP contribution in [-0.2, 0) is 16.1 Å². The van der Waals surface area contributed by atoms with Crippen LogP contribution in [0.2, 0.25) is 5.02 Å². The highest BCUT2D eigenvalue weighted by Gasteiger charge is 2.12. The first-order chi connectivity index (χ1) is 10.9. The maximum atomic E-state index is 12.1. The minimum absolute atomic E-state index is 0.165. The molecule has 0 unspecified atom stereocenters. The van der Waals surface area contributed by atoms with Crippen molar-refractivity contribution in [2.45, 2.75) is 26.8 Å². The molecule has 6 heteroatoms. The van der Waals surface area contributed by atoms with Crippen molar-refractivity contribution in [1.29, 1.82) is 0 Å². The van der Waals surface area contributed by atoms with Crippen LogP contribution < -0.4 is 5.32 Å². The van der Waals surface area contributed by atoms with E-state index in [0.29, 0.717) is 29.2 Å². The minimum atomic E-state index is -0.476. The summed E-state index contributed by atoms with van der Waals surface area (Å²) >= 11 is 6.07. The van der Waals surface area contributed by atoms with E-state index in [1.54, 1.807) is 12.1 Å². The Hall–Kier alpha value is -2.27. The van der Waals surface area contributed by atoms with Gasteiger partial charge in [0, 0.05) is 24.4 Å².